The van der Waals surface area contributed by atoms with E-state index in [0.29, 0.717) is 0 Å². The van der Waals surface area contributed by atoms with Crippen molar-refractivity contribution in [2.24, 2.45) is 0 Å². The SMILES string of the molecule is [CH3][Ge]([CH3])([CH3])[c]1ccc(N(C2=C3C=Cc4ccc(N(c5ccccc5)c5cc[c]([Ge]([CH3])([CH3])[CH3])cc5)c5c4C3C(=CC5)C=C2)c2ccccc2)cc1. The molecule has 1 atom stereocenters. The average molecular weight is 772 g/mol. The van der Waals surface area contributed by atoms with Crippen LogP contribution in [-0.4, -0.2) is 26.5 Å². The van der Waals surface area contributed by atoms with Crippen LogP contribution in [0.25, 0.3) is 6.08 Å². The number of benzene rings is 5. The Morgan fingerprint density at radius 2 is 1.02 bits per heavy atom. The topological polar surface area (TPSA) is 6.48 Å². The van der Waals surface area contributed by atoms with Crippen molar-refractivity contribution in [3.05, 3.63) is 179 Å². The first kappa shape index (κ1) is 32.9. The molecule has 0 spiro atoms. The number of hydrogen-bond acceptors (Lipinski definition) is 2. The van der Waals surface area contributed by atoms with Crippen molar-refractivity contribution < 1.29 is 0 Å². The molecule has 0 radical (unpaired) electrons. The Balaban J connectivity index is 1.28. The second kappa shape index (κ2) is 12.8. The standard InChI is InChI=1S/C46H46Ge2N2/c1-47(2,3)35-21-25-39(26-22-35)49(37-13-9-7-10-14-37)43-31-19-33-18-30-42-44(32-20-34-17-29-41(43)45(33)46(34)42)50(38-15-11-8-12-16-38)40-27-23-36(24-28-40)48(4,5)6/h7-29,31-32,45H,30H2,1-6H3. The van der Waals surface area contributed by atoms with Gasteiger partial charge in [-0.05, 0) is 0 Å². The summed E-state index contributed by atoms with van der Waals surface area (Å²) < 4.78 is 3.06. The quantitative estimate of drug-likeness (QED) is 0.145. The van der Waals surface area contributed by atoms with Gasteiger partial charge in [-0.2, -0.15) is 0 Å². The van der Waals surface area contributed by atoms with E-state index in [4.69, 9.17) is 0 Å². The summed E-state index contributed by atoms with van der Waals surface area (Å²) in [5.74, 6) is 15.0. The van der Waals surface area contributed by atoms with Gasteiger partial charge in [0.2, 0.25) is 0 Å². The third kappa shape index (κ3) is 5.97. The van der Waals surface area contributed by atoms with Gasteiger partial charge < -0.3 is 0 Å². The Morgan fingerprint density at radius 3 is 1.58 bits per heavy atom. The van der Waals surface area contributed by atoms with E-state index in [0.717, 1.165) is 6.42 Å². The number of rotatable bonds is 8. The molecule has 8 rings (SSSR count). The normalized spacial score (nSPS) is 16.2. The Labute approximate surface area is 303 Å². The van der Waals surface area contributed by atoms with Crippen LogP contribution >= 0.6 is 0 Å². The van der Waals surface area contributed by atoms with Crippen molar-refractivity contribution in [3.63, 3.8) is 0 Å². The van der Waals surface area contributed by atoms with Gasteiger partial charge in [0.05, 0.1) is 0 Å². The van der Waals surface area contributed by atoms with E-state index >= 15 is 0 Å². The predicted molar refractivity (Wildman–Crippen MR) is 222 cm³/mol. The molecule has 5 aromatic rings. The van der Waals surface area contributed by atoms with Gasteiger partial charge in [-0.3, -0.25) is 0 Å². The summed E-state index contributed by atoms with van der Waals surface area (Å²) in [5.41, 5.74) is 14.2. The van der Waals surface area contributed by atoms with Gasteiger partial charge in [-0.1, -0.05) is 0 Å². The third-order valence-electron chi connectivity index (χ3n) is 10.5. The second-order valence-corrected chi connectivity index (χ2v) is 37.2. The van der Waals surface area contributed by atoms with E-state index < -0.39 is 26.5 Å². The Morgan fingerprint density at radius 1 is 0.500 bits per heavy atom. The number of allylic oxidation sites excluding steroid dienone is 6. The van der Waals surface area contributed by atoms with Gasteiger partial charge in [-0.25, -0.2) is 0 Å². The van der Waals surface area contributed by atoms with Crippen LogP contribution in [0.2, 0.25) is 34.5 Å². The molecule has 0 bridgehead atoms. The molecule has 4 heteroatoms. The molecule has 0 saturated carbocycles. The molecule has 0 aliphatic heterocycles. The molecule has 1 unspecified atom stereocenters. The first-order valence-electron chi connectivity index (χ1n) is 18.0. The third-order valence-corrected chi connectivity index (χ3v) is 19.2. The van der Waals surface area contributed by atoms with Crippen LogP contribution in [0, 0.1) is 0 Å². The maximum absolute atomic E-state index is 2.48. The molecule has 0 heterocycles. The van der Waals surface area contributed by atoms with Gasteiger partial charge in [0.25, 0.3) is 0 Å². The van der Waals surface area contributed by atoms with Gasteiger partial charge in [-0.15, -0.1) is 0 Å². The number of anilines is 5. The molecular formula is C46H46Ge2N2. The van der Waals surface area contributed by atoms with Gasteiger partial charge in [0, 0.05) is 0 Å². The monoisotopic (exact) mass is 774 g/mol. The number of para-hydroxylation sites is 2. The van der Waals surface area contributed by atoms with Crippen molar-refractivity contribution in [2.45, 2.75) is 46.9 Å². The maximum atomic E-state index is 2.48. The second-order valence-electron chi connectivity index (χ2n) is 15.9. The molecular weight excluding hydrogens is 726 g/mol. The molecule has 50 heavy (non-hydrogen) atoms. The van der Waals surface area contributed by atoms with Crippen molar-refractivity contribution >= 4 is 69.8 Å². The van der Waals surface area contributed by atoms with Crippen LogP contribution in [0.4, 0.5) is 28.4 Å². The molecule has 3 aliphatic rings. The molecule has 0 saturated heterocycles. The summed E-state index contributed by atoms with van der Waals surface area (Å²) in [6.07, 6.45) is 12.8. The molecule has 2 nitrogen and oxygen atoms in total. The van der Waals surface area contributed by atoms with E-state index in [-0.39, 0.29) is 5.92 Å². The zero-order chi connectivity index (χ0) is 34.6. The fourth-order valence-electron chi connectivity index (χ4n) is 7.80. The first-order valence-corrected chi connectivity index (χ1v) is 32.6. The summed E-state index contributed by atoms with van der Waals surface area (Å²) >= 11 is -3.91. The van der Waals surface area contributed by atoms with Crippen LogP contribution < -0.4 is 18.6 Å². The minimum absolute atomic E-state index is 0.183. The molecule has 248 valence electrons. The summed E-state index contributed by atoms with van der Waals surface area (Å²) in [6.45, 7) is 0. The predicted octanol–water partition coefficient (Wildman–Crippen LogP) is 11.5. The van der Waals surface area contributed by atoms with E-state index in [1.165, 1.54) is 70.8 Å². The van der Waals surface area contributed by atoms with Crippen LogP contribution in [0.1, 0.15) is 22.6 Å². The van der Waals surface area contributed by atoms with Crippen LogP contribution in [-0.2, 0) is 6.42 Å². The van der Waals surface area contributed by atoms with Crippen LogP contribution in [0.5, 0.6) is 0 Å². The fourth-order valence-corrected chi connectivity index (χ4v) is 12.7. The summed E-state index contributed by atoms with van der Waals surface area (Å²) in [4.78, 5) is 4.94. The average Bonchev–Trinajstić information content (AvgIpc) is 3.12. The van der Waals surface area contributed by atoms with Gasteiger partial charge in [0.1, 0.15) is 0 Å². The zero-order valence-electron chi connectivity index (χ0n) is 30.1. The van der Waals surface area contributed by atoms with Crippen molar-refractivity contribution in [1.29, 1.82) is 0 Å². The molecule has 0 aromatic heterocycles. The van der Waals surface area contributed by atoms with Crippen LogP contribution in [0.15, 0.2) is 162 Å². The minimum atomic E-state index is -1.96. The number of hydrogen-bond donors (Lipinski definition) is 0. The molecule has 5 aromatic carbocycles. The molecule has 0 N–H and O–H groups in total. The van der Waals surface area contributed by atoms with E-state index in [9.17, 15) is 0 Å². The summed E-state index contributed by atoms with van der Waals surface area (Å²) in [7, 11) is 0. The Bertz CT molecular complexity index is 2180. The number of nitrogens with zero attached hydrogens (tertiary/aromatic N) is 2. The van der Waals surface area contributed by atoms with Gasteiger partial charge in [0.15, 0.2) is 0 Å². The fraction of sp³-hybridized carbons (Fsp3) is 0.174. The Hall–Kier alpha value is -4.25. The molecule has 0 fully saturated rings. The van der Waals surface area contributed by atoms with E-state index in [1.807, 2.05) is 0 Å². The Kier molecular flexibility index (Phi) is 8.44. The van der Waals surface area contributed by atoms with E-state index in [1.54, 1.807) is 0 Å². The van der Waals surface area contributed by atoms with Gasteiger partial charge >= 0.3 is 306 Å². The first-order chi connectivity index (χ1) is 24.1. The summed E-state index contributed by atoms with van der Waals surface area (Å²) in [6, 6.07) is 45.3. The van der Waals surface area contributed by atoms with E-state index in [2.05, 4.69) is 196 Å². The van der Waals surface area contributed by atoms with Crippen molar-refractivity contribution in [1.82, 2.24) is 0 Å². The molecule has 0 amide bonds. The zero-order valence-corrected chi connectivity index (χ0v) is 34.3. The molecule has 3 aliphatic carbocycles. The summed E-state index contributed by atoms with van der Waals surface area (Å²) in [5, 5.41) is 0. The van der Waals surface area contributed by atoms with Crippen LogP contribution in [0.3, 0.4) is 0 Å². The van der Waals surface area contributed by atoms with Crippen molar-refractivity contribution in [2.75, 3.05) is 9.80 Å². The van der Waals surface area contributed by atoms with Crippen molar-refractivity contribution in [3.8, 4) is 0 Å².